The average Bonchev–Trinajstić information content (AvgIpc) is 2.35. The Morgan fingerprint density at radius 3 is 1.67 bits per heavy atom. The zero-order valence-electron chi connectivity index (χ0n) is 10.7. The molecule has 0 aliphatic carbocycles. The van der Waals surface area contributed by atoms with Crippen LogP contribution in [0.3, 0.4) is 0 Å². The van der Waals surface area contributed by atoms with Gasteiger partial charge in [-0.15, -0.1) is 0 Å². The molecule has 0 fully saturated rings. The highest BCUT2D eigenvalue weighted by Crippen LogP contribution is 2.40. The Kier molecular flexibility index (Phi) is 9.14. The molecule has 0 heterocycles. The number of rotatable bonds is 5. The molecule has 1 unspecified atom stereocenters. The fourth-order valence-electron chi connectivity index (χ4n) is 1.62. The van der Waals surface area contributed by atoms with E-state index in [0.717, 1.165) is 17.9 Å². The number of hydrogen-bond acceptors (Lipinski definition) is 3. The van der Waals surface area contributed by atoms with E-state index in [-0.39, 0.29) is 14.9 Å². The maximum absolute atomic E-state index is 5.31. The van der Waals surface area contributed by atoms with Gasteiger partial charge in [-0.1, -0.05) is 28.7 Å². The van der Waals surface area contributed by atoms with Crippen LogP contribution in [0, 0.1) is 0 Å². The molecule has 1 atom stereocenters. The first kappa shape index (κ1) is 19.0. The lowest BCUT2D eigenvalue weighted by Crippen LogP contribution is -1.99. The third-order valence-electron chi connectivity index (χ3n) is 2.87. The SMILES string of the molecule is C.C.CCC(C)c1cc(OC)c(OC)c(OC)c1. The normalized spacial score (nSPS) is 10.7. The van der Waals surface area contributed by atoms with Crippen molar-refractivity contribution < 1.29 is 14.2 Å². The standard InChI is InChI=1S/C13H20O3.2CH4/c1-6-9(2)10-7-11(14-3)13(16-5)12(8-10)15-4;;/h7-9H,6H2,1-5H3;2*1H4. The van der Waals surface area contributed by atoms with Gasteiger partial charge in [0.25, 0.3) is 0 Å². The minimum absolute atomic E-state index is 0. The topological polar surface area (TPSA) is 27.7 Å². The van der Waals surface area contributed by atoms with E-state index in [2.05, 4.69) is 13.8 Å². The van der Waals surface area contributed by atoms with Crippen LogP contribution in [0.25, 0.3) is 0 Å². The molecule has 1 aromatic carbocycles. The third kappa shape index (κ3) is 3.83. The maximum Gasteiger partial charge on any atom is 0.203 e. The summed E-state index contributed by atoms with van der Waals surface area (Å²) in [5.74, 6) is 2.57. The minimum atomic E-state index is 0. The summed E-state index contributed by atoms with van der Waals surface area (Å²) in [5.41, 5.74) is 1.21. The monoisotopic (exact) mass is 256 g/mol. The molecule has 0 aliphatic heterocycles. The van der Waals surface area contributed by atoms with Crippen molar-refractivity contribution in [1.29, 1.82) is 0 Å². The van der Waals surface area contributed by atoms with Crippen LogP contribution in [0.5, 0.6) is 17.2 Å². The third-order valence-corrected chi connectivity index (χ3v) is 2.87. The average molecular weight is 256 g/mol. The second-order valence-corrected chi connectivity index (χ2v) is 3.77. The van der Waals surface area contributed by atoms with Gasteiger partial charge in [0, 0.05) is 0 Å². The van der Waals surface area contributed by atoms with Gasteiger partial charge >= 0.3 is 0 Å². The summed E-state index contributed by atoms with van der Waals surface area (Å²) in [4.78, 5) is 0. The molecule has 0 aliphatic rings. The van der Waals surface area contributed by atoms with Gasteiger partial charge in [-0.05, 0) is 30.0 Å². The Balaban J connectivity index is 0. The summed E-state index contributed by atoms with van der Waals surface area (Å²) in [7, 11) is 4.89. The van der Waals surface area contributed by atoms with Crippen molar-refractivity contribution in [2.75, 3.05) is 21.3 Å². The van der Waals surface area contributed by atoms with Crippen LogP contribution in [-0.4, -0.2) is 21.3 Å². The predicted octanol–water partition coefficient (Wildman–Crippen LogP) is 4.50. The highest BCUT2D eigenvalue weighted by molar-refractivity contribution is 5.54. The molecule has 0 saturated carbocycles. The Morgan fingerprint density at radius 2 is 1.39 bits per heavy atom. The number of ether oxygens (including phenoxy) is 3. The van der Waals surface area contributed by atoms with E-state index >= 15 is 0 Å². The molecule has 0 aromatic heterocycles. The maximum atomic E-state index is 5.31. The molecule has 0 amide bonds. The Bertz CT molecular complexity index is 323. The van der Waals surface area contributed by atoms with Crippen LogP contribution in [0.1, 0.15) is 46.6 Å². The highest BCUT2D eigenvalue weighted by Gasteiger charge is 2.15. The molecular weight excluding hydrogens is 228 g/mol. The van der Waals surface area contributed by atoms with Crippen molar-refractivity contribution in [2.45, 2.75) is 41.0 Å². The van der Waals surface area contributed by atoms with E-state index in [4.69, 9.17) is 14.2 Å². The van der Waals surface area contributed by atoms with E-state index in [9.17, 15) is 0 Å². The van der Waals surface area contributed by atoms with E-state index in [1.807, 2.05) is 12.1 Å². The lowest BCUT2D eigenvalue weighted by Gasteiger charge is -2.16. The molecule has 1 aromatic rings. The Labute approximate surface area is 112 Å². The van der Waals surface area contributed by atoms with Gasteiger partial charge in [0.15, 0.2) is 11.5 Å². The van der Waals surface area contributed by atoms with Gasteiger partial charge in [-0.2, -0.15) is 0 Å². The summed E-state index contributed by atoms with van der Waals surface area (Å²) in [6.45, 7) is 4.34. The van der Waals surface area contributed by atoms with Gasteiger partial charge in [0.05, 0.1) is 21.3 Å². The van der Waals surface area contributed by atoms with Crippen molar-refractivity contribution in [1.82, 2.24) is 0 Å². The quantitative estimate of drug-likeness (QED) is 0.776. The summed E-state index contributed by atoms with van der Waals surface area (Å²) in [5, 5.41) is 0. The van der Waals surface area contributed by atoms with Crippen molar-refractivity contribution in [2.24, 2.45) is 0 Å². The van der Waals surface area contributed by atoms with Crippen molar-refractivity contribution in [3.05, 3.63) is 17.7 Å². The zero-order chi connectivity index (χ0) is 12.1. The van der Waals surface area contributed by atoms with E-state index in [1.54, 1.807) is 21.3 Å². The highest BCUT2D eigenvalue weighted by atomic mass is 16.5. The van der Waals surface area contributed by atoms with Crippen molar-refractivity contribution >= 4 is 0 Å². The molecule has 0 bridgehead atoms. The van der Waals surface area contributed by atoms with Gasteiger partial charge in [0.1, 0.15) is 0 Å². The zero-order valence-corrected chi connectivity index (χ0v) is 10.7. The Hall–Kier alpha value is -1.38. The second-order valence-electron chi connectivity index (χ2n) is 3.77. The summed E-state index contributed by atoms with van der Waals surface area (Å²) >= 11 is 0. The molecule has 3 nitrogen and oxygen atoms in total. The van der Waals surface area contributed by atoms with Crippen molar-refractivity contribution in [3.8, 4) is 17.2 Å². The van der Waals surface area contributed by atoms with Crippen LogP contribution in [0.15, 0.2) is 12.1 Å². The molecule has 0 spiro atoms. The molecule has 18 heavy (non-hydrogen) atoms. The van der Waals surface area contributed by atoms with Gasteiger partial charge < -0.3 is 14.2 Å². The molecule has 1 rings (SSSR count). The van der Waals surface area contributed by atoms with Gasteiger partial charge in [0.2, 0.25) is 5.75 Å². The van der Waals surface area contributed by atoms with Crippen LogP contribution in [-0.2, 0) is 0 Å². The molecule has 0 saturated heterocycles. The van der Waals surface area contributed by atoms with Crippen molar-refractivity contribution in [3.63, 3.8) is 0 Å². The van der Waals surface area contributed by atoms with E-state index in [1.165, 1.54) is 5.56 Å². The molecule has 106 valence electrons. The first-order valence-corrected chi connectivity index (χ1v) is 5.47. The van der Waals surface area contributed by atoms with Crippen LogP contribution < -0.4 is 14.2 Å². The largest absolute Gasteiger partial charge is 0.493 e. The van der Waals surface area contributed by atoms with Crippen LogP contribution in [0.4, 0.5) is 0 Å². The molecule has 0 N–H and O–H groups in total. The number of hydrogen-bond donors (Lipinski definition) is 0. The lowest BCUT2D eigenvalue weighted by molar-refractivity contribution is 0.323. The van der Waals surface area contributed by atoms with Gasteiger partial charge in [-0.3, -0.25) is 0 Å². The summed E-state index contributed by atoms with van der Waals surface area (Å²) in [6.07, 6.45) is 1.08. The van der Waals surface area contributed by atoms with Crippen LogP contribution >= 0.6 is 0 Å². The molecular formula is C15H28O3. The molecule has 3 heteroatoms. The second kappa shape index (κ2) is 8.67. The fourth-order valence-corrected chi connectivity index (χ4v) is 1.62. The smallest absolute Gasteiger partial charge is 0.203 e. The first-order valence-electron chi connectivity index (χ1n) is 5.47. The Morgan fingerprint density at radius 1 is 0.944 bits per heavy atom. The predicted molar refractivity (Wildman–Crippen MR) is 78.3 cm³/mol. The summed E-state index contributed by atoms with van der Waals surface area (Å²) in [6, 6.07) is 4.02. The fraction of sp³-hybridized carbons (Fsp3) is 0.600. The number of benzene rings is 1. The first-order chi connectivity index (χ1) is 7.67. The summed E-state index contributed by atoms with van der Waals surface area (Å²) < 4.78 is 15.9. The number of methoxy groups -OCH3 is 3. The van der Waals surface area contributed by atoms with E-state index in [0.29, 0.717) is 11.7 Å². The van der Waals surface area contributed by atoms with E-state index < -0.39 is 0 Å². The lowest BCUT2D eigenvalue weighted by atomic mass is 9.98. The van der Waals surface area contributed by atoms with Gasteiger partial charge in [-0.25, -0.2) is 0 Å². The minimum Gasteiger partial charge on any atom is -0.493 e. The molecule has 0 radical (unpaired) electrons. The van der Waals surface area contributed by atoms with Crippen LogP contribution in [0.2, 0.25) is 0 Å².